The first kappa shape index (κ1) is 16.3. The van der Waals surface area contributed by atoms with Crippen molar-refractivity contribution in [2.24, 2.45) is 0 Å². The smallest absolute Gasteiger partial charge is 0.218 e. The number of aryl methyl sites for hydroxylation is 1. The summed E-state index contributed by atoms with van der Waals surface area (Å²) in [5.74, 6) is 1.49. The van der Waals surface area contributed by atoms with E-state index in [-0.39, 0.29) is 6.61 Å². The van der Waals surface area contributed by atoms with E-state index in [2.05, 4.69) is 10.1 Å². The van der Waals surface area contributed by atoms with Crippen molar-refractivity contribution >= 4 is 5.65 Å². The van der Waals surface area contributed by atoms with Gasteiger partial charge in [-0.1, -0.05) is 12.1 Å². The maximum absolute atomic E-state index is 8.92. The van der Waals surface area contributed by atoms with Crippen molar-refractivity contribution in [1.29, 1.82) is 0 Å². The average molecular weight is 327 g/mol. The van der Waals surface area contributed by atoms with Gasteiger partial charge in [0.05, 0.1) is 13.3 Å². The van der Waals surface area contributed by atoms with Crippen LogP contribution >= 0.6 is 0 Å². The largest absolute Gasteiger partial charge is 0.497 e. The summed E-state index contributed by atoms with van der Waals surface area (Å²) in [7, 11) is 1.65. The normalized spacial score (nSPS) is 10.9. The van der Waals surface area contributed by atoms with Gasteiger partial charge in [-0.05, 0) is 37.0 Å². The molecule has 0 amide bonds. The highest BCUT2D eigenvalue weighted by Gasteiger charge is 2.08. The first-order valence-electron chi connectivity index (χ1n) is 8.00. The van der Waals surface area contributed by atoms with E-state index >= 15 is 0 Å². The van der Waals surface area contributed by atoms with Gasteiger partial charge in [0.15, 0.2) is 5.65 Å². The Hall–Kier alpha value is -2.60. The molecule has 2 aromatic heterocycles. The number of rotatable bonds is 8. The van der Waals surface area contributed by atoms with Gasteiger partial charge in [0, 0.05) is 24.4 Å². The Balaban J connectivity index is 1.75. The Labute approximate surface area is 140 Å². The van der Waals surface area contributed by atoms with Crippen LogP contribution in [0.5, 0.6) is 11.6 Å². The number of nitrogens with zero attached hydrogens (tertiary/aromatic N) is 3. The van der Waals surface area contributed by atoms with E-state index in [0.717, 1.165) is 41.9 Å². The predicted molar refractivity (Wildman–Crippen MR) is 90.3 cm³/mol. The first-order valence-corrected chi connectivity index (χ1v) is 8.00. The molecule has 3 rings (SSSR count). The highest BCUT2D eigenvalue weighted by Crippen LogP contribution is 2.18. The number of aliphatic hydroxyl groups excluding tert-OH is 1. The number of ether oxygens (including phenoxy) is 2. The monoisotopic (exact) mass is 327 g/mol. The van der Waals surface area contributed by atoms with Crippen molar-refractivity contribution in [2.45, 2.75) is 25.9 Å². The van der Waals surface area contributed by atoms with Gasteiger partial charge in [-0.25, -0.2) is 4.98 Å². The summed E-state index contributed by atoms with van der Waals surface area (Å²) < 4.78 is 12.8. The fraction of sp³-hybridized carbons (Fsp3) is 0.333. The Morgan fingerprint density at radius 2 is 1.96 bits per heavy atom. The van der Waals surface area contributed by atoms with Crippen LogP contribution in [0.3, 0.4) is 0 Å². The lowest BCUT2D eigenvalue weighted by Crippen LogP contribution is -2.04. The van der Waals surface area contributed by atoms with E-state index in [1.54, 1.807) is 17.8 Å². The van der Waals surface area contributed by atoms with Gasteiger partial charge in [0.1, 0.15) is 12.4 Å². The molecule has 6 nitrogen and oxygen atoms in total. The summed E-state index contributed by atoms with van der Waals surface area (Å²) in [5.41, 5.74) is 2.76. The Kier molecular flexibility index (Phi) is 5.28. The van der Waals surface area contributed by atoms with Crippen LogP contribution in [0.1, 0.15) is 24.1 Å². The van der Waals surface area contributed by atoms with Crippen molar-refractivity contribution in [3.05, 3.63) is 53.9 Å². The van der Waals surface area contributed by atoms with Crippen LogP contribution in [0.25, 0.3) is 5.65 Å². The number of aliphatic hydroxyl groups is 1. The van der Waals surface area contributed by atoms with E-state index in [0.29, 0.717) is 12.5 Å². The number of benzene rings is 1. The molecular formula is C18H21N3O3. The number of fused-ring (bicyclic) bond motifs is 1. The molecule has 0 saturated heterocycles. The standard InChI is InChI=1S/C18H21N3O3/c1-23-16-7-5-14(6-8-16)13-24-18-12-15(4-2-3-11-22)20-17-9-10-19-21(17)18/h5-10,12,22H,2-4,11,13H2,1H3. The van der Waals surface area contributed by atoms with Crippen molar-refractivity contribution < 1.29 is 14.6 Å². The van der Waals surface area contributed by atoms with Crippen LogP contribution in [-0.4, -0.2) is 33.4 Å². The molecule has 0 aliphatic heterocycles. The molecule has 126 valence electrons. The van der Waals surface area contributed by atoms with E-state index < -0.39 is 0 Å². The van der Waals surface area contributed by atoms with Crippen LogP contribution in [0, 0.1) is 0 Å². The second-order valence-electron chi connectivity index (χ2n) is 5.50. The van der Waals surface area contributed by atoms with Crippen molar-refractivity contribution in [3.8, 4) is 11.6 Å². The molecule has 1 N–H and O–H groups in total. The molecule has 0 unspecified atom stereocenters. The first-order chi connectivity index (χ1) is 11.8. The SMILES string of the molecule is COc1ccc(COc2cc(CCCCO)nc3ccnn23)cc1. The number of unbranched alkanes of at least 4 members (excludes halogenated alkanes) is 1. The predicted octanol–water partition coefficient (Wildman–Crippen LogP) is 2.63. The maximum atomic E-state index is 8.92. The highest BCUT2D eigenvalue weighted by atomic mass is 16.5. The summed E-state index contributed by atoms with van der Waals surface area (Å²) >= 11 is 0. The number of aromatic nitrogens is 3. The van der Waals surface area contributed by atoms with Gasteiger partial charge in [0.2, 0.25) is 5.88 Å². The van der Waals surface area contributed by atoms with E-state index in [4.69, 9.17) is 14.6 Å². The molecule has 2 heterocycles. The quantitative estimate of drug-likeness (QED) is 0.644. The van der Waals surface area contributed by atoms with Crippen LogP contribution in [-0.2, 0) is 13.0 Å². The zero-order valence-corrected chi connectivity index (χ0v) is 13.7. The van der Waals surface area contributed by atoms with Gasteiger partial charge in [0.25, 0.3) is 0 Å². The van der Waals surface area contributed by atoms with E-state index in [1.165, 1.54) is 0 Å². The molecule has 6 heteroatoms. The Morgan fingerprint density at radius 3 is 2.71 bits per heavy atom. The second kappa shape index (κ2) is 7.79. The van der Waals surface area contributed by atoms with Crippen molar-refractivity contribution in [2.75, 3.05) is 13.7 Å². The van der Waals surface area contributed by atoms with E-state index in [9.17, 15) is 0 Å². The number of methoxy groups -OCH3 is 1. The van der Waals surface area contributed by atoms with Crippen molar-refractivity contribution in [1.82, 2.24) is 14.6 Å². The molecule has 0 radical (unpaired) electrons. The molecule has 0 spiro atoms. The van der Waals surface area contributed by atoms with Crippen LogP contribution in [0.15, 0.2) is 42.6 Å². The molecule has 0 atom stereocenters. The summed E-state index contributed by atoms with van der Waals surface area (Å²) in [6.45, 7) is 0.648. The molecule has 0 aliphatic carbocycles. The van der Waals surface area contributed by atoms with Gasteiger partial charge in [-0.2, -0.15) is 9.61 Å². The minimum absolute atomic E-state index is 0.204. The highest BCUT2D eigenvalue weighted by molar-refractivity contribution is 5.41. The summed E-state index contributed by atoms with van der Waals surface area (Å²) in [4.78, 5) is 4.57. The van der Waals surface area contributed by atoms with Crippen LogP contribution in [0.4, 0.5) is 0 Å². The lowest BCUT2D eigenvalue weighted by Gasteiger charge is -2.10. The summed E-state index contributed by atoms with van der Waals surface area (Å²) in [5, 5.41) is 13.2. The van der Waals surface area contributed by atoms with E-state index in [1.807, 2.05) is 36.4 Å². The van der Waals surface area contributed by atoms with Crippen molar-refractivity contribution in [3.63, 3.8) is 0 Å². The zero-order valence-electron chi connectivity index (χ0n) is 13.7. The molecule has 0 fully saturated rings. The lowest BCUT2D eigenvalue weighted by molar-refractivity contribution is 0.282. The van der Waals surface area contributed by atoms with Crippen LogP contribution in [0.2, 0.25) is 0 Å². The lowest BCUT2D eigenvalue weighted by atomic mass is 10.2. The van der Waals surface area contributed by atoms with Crippen LogP contribution < -0.4 is 9.47 Å². The number of hydrogen-bond acceptors (Lipinski definition) is 5. The third-order valence-corrected chi connectivity index (χ3v) is 3.77. The average Bonchev–Trinajstić information content (AvgIpc) is 3.09. The Bertz CT molecular complexity index is 784. The third-order valence-electron chi connectivity index (χ3n) is 3.77. The maximum Gasteiger partial charge on any atom is 0.218 e. The third kappa shape index (κ3) is 3.83. The fourth-order valence-corrected chi connectivity index (χ4v) is 2.46. The second-order valence-corrected chi connectivity index (χ2v) is 5.50. The van der Waals surface area contributed by atoms with Gasteiger partial charge in [-0.15, -0.1) is 0 Å². The van der Waals surface area contributed by atoms with Gasteiger partial charge >= 0.3 is 0 Å². The minimum atomic E-state index is 0.204. The molecule has 24 heavy (non-hydrogen) atoms. The van der Waals surface area contributed by atoms with Gasteiger partial charge < -0.3 is 14.6 Å². The molecule has 1 aromatic carbocycles. The molecule has 0 bridgehead atoms. The molecule has 0 saturated carbocycles. The van der Waals surface area contributed by atoms with Gasteiger partial charge in [-0.3, -0.25) is 0 Å². The summed E-state index contributed by atoms with van der Waals surface area (Å²) in [6, 6.07) is 11.5. The topological polar surface area (TPSA) is 68.9 Å². The summed E-state index contributed by atoms with van der Waals surface area (Å²) in [6.07, 6.45) is 4.18. The minimum Gasteiger partial charge on any atom is -0.497 e. The number of hydrogen-bond donors (Lipinski definition) is 1. The Morgan fingerprint density at radius 1 is 1.12 bits per heavy atom. The fourth-order valence-electron chi connectivity index (χ4n) is 2.46. The molecular weight excluding hydrogens is 306 g/mol. The zero-order chi connectivity index (χ0) is 16.8. The molecule has 3 aromatic rings. The molecule has 0 aliphatic rings.